The molecule has 0 fully saturated rings. The standard InChI is InChI=1S/C42H33F3NO/c1-25-13-18-33-36-22-34-31-11-7-5-9-29(31)30-10-6-8-12-32(30)35(34)23-38(36)47-40(33)39(25)37-21-28(19-20-46(37)4)27-16-14-26(15-17-27)24-41(2,3)42(43,44)45/h5-23H,24H2,1-4H3/q+1/i24D2. The first-order chi connectivity index (χ1) is 23.3. The lowest BCUT2D eigenvalue weighted by Gasteiger charge is -2.27. The Labute approximate surface area is 273 Å². The zero-order chi connectivity index (χ0) is 34.5. The SMILES string of the molecule is [2H]C([2H])(c1ccc(-c2cc[n+](C)c(-c3c(C)ccc4c3oc3cc5c6ccccc6c6ccccc6c5cc34)c2)cc1)C(C)(C)C(F)(F)F. The number of hydrogen-bond donors (Lipinski definition) is 0. The minimum Gasteiger partial charge on any atom is -0.455 e. The number of furan rings is 1. The van der Waals surface area contributed by atoms with Gasteiger partial charge in [-0.25, -0.2) is 4.57 Å². The lowest BCUT2D eigenvalue weighted by atomic mass is 9.84. The van der Waals surface area contributed by atoms with Crippen LogP contribution >= 0.6 is 0 Å². The molecule has 0 aliphatic heterocycles. The molecule has 0 aliphatic carbocycles. The van der Waals surface area contributed by atoms with Gasteiger partial charge in [-0.1, -0.05) is 98.8 Å². The van der Waals surface area contributed by atoms with Crippen LogP contribution in [0.3, 0.4) is 0 Å². The van der Waals surface area contributed by atoms with Crippen LogP contribution in [0.15, 0.2) is 120 Å². The maximum atomic E-state index is 13.8. The van der Waals surface area contributed by atoms with Gasteiger partial charge in [0, 0.05) is 25.6 Å². The van der Waals surface area contributed by atoms with Gasteiger partial charge in [-0.05, 0) is 80.0 Å². The molecule has 8 rings (SSSR count). The quantitative estimate of drug-likeness (QED) is 0.140. The maximum Gasteiger partial charge on any atom is 0.394 e. The Bertz CT molecular complexity index is 2620. The van der Waals surface area contributed by atoms with Crippen LogP contribution in [0.4, 0.5) is 13.2 Å². The Morgan fingerprint density at radius 2 is 1.26 bits per heavy atom. The summed E-state index contributed by atoms with van der Waals surface area (Å²) in [7, 11) is 1.98. The fraction of sp³-hybridized carbons (Fsp3) is 0.167. The van der Waals surface area contributed by atoms with Crippen molar-refractivity contribution >= 4 is 54.3 Å². The lowest BCUT2D eigenvalue weighted by molar-refractivity contribution is -0.660. The van der Waals surface area contributed by atoms with E-state index in [1.807, 2.05) is 23.9 Å². The summed E-state index contributed by atoms with van der Waals surface area (Å²) in [5.41, 5.74) is 3.54. The number of nitrogens with zero attached hydrogens (tertiary/aromatic N) is 1. The molecular formula is C42H33F3NO+. The number of benzene rings is 6. The van der Waals surface area contributed by atoms with Crippen molar-refractivity contribution in [2.75, 3.05) is 0 Å². The van der Waals surface area contributed by atoms with Crippen LogP contribution in [0.2, 0.25) is 0 Å². The van der Waals surface area contributed by atoms with E-state index in [2.05, 4.69) is 85.8 Å². The fourth-order valence-corrected chi connectivity index (χ4v) is 6.83. The Balaban J connectivity index is 1.29. The Hall–Kier alpha value is -5.16. The van der Waals surface area contributed by atoms with Crippen molar-refractivity contribution in [3.8, 4) is 22.4 Å². The first kappa shape index (κ1) is 27.0. The van der Waals surface area contributed by atoms with Gasteiger partial charge in [-0.3, -0.25) is 0 Å². The van der Waals surface area contributed by atoms with Gasteiger partial charge in [0.25, 0.3) is 0 Å². The van der Waals surface area contributed by atoms with Crippen molar-refractivity contribution in [2.45, 2.75) is 33.3 Å². The molecule has 2 heterocycles. The number of aromatic nitrogens is 1. The molecule has 2 aromatic heterocycles. The minimum atomic E-state index is -4.71. The van der Waals surface area contributed by atoms with Crippen molar-refractivity contribution in [2.24, 2.45) is 12.5 Å². The number of rotatable bonds is 4. The highest BCUT2D eigenvalue weighted by molar-refractivity contribution is 6.28. The van der Waals surface area contributed by atoms with E-state index in [-0.39, 0.29) is 5.56 Å². The second-order valence-corrected chi connectivity index (χ2v) is 13.0. The van der Waals surface area contributed by atoms with Crippen molar-refractivity contribution in [3.63, 3.8) is 0 Å². The molecule has 0 bridgehead atoms. The molecule has 6 aromatic carbocycles. The molecule has 0 saturated heterocycles. The van der Waals surface area contributed by atoms with Crippen molar-refractivity contribution in [1.29, 1.82) is 0 Å². The second kappa shape index (κ2) is 10.4. The molecule has 0 amide bonds. The van der Waals surface area contributed by atoms with E-state index in [0.717, 1.165) is 69.1 Å². The topological polar surface area (TPSA) is 17.0 Å². The molecule has 47 heavy (non-hydrogen) atoms. The lowest BCUT2D eigenvalue weighted by Crippen LogP contribution is -2.34. The van der Waals surface area contributed by atoms with E-state index < -0.39 is 18.0 Å². The third-order valence-corrected chi connectivity index (χ3v) is 9.50. The highest BCUT2D eigenvalue weighted by atomic mass is 19.4. The van der Waals surface area contributed by atoms with E-state index in [4.69, 9.17) is 7.16 Å². The number of aryl methyl sites for hydroxylation is 2. The molecule has 8 aromatic rings. The zero-order valence-corrected chi connectivity index (χ0v) is 26.5. The molecule has 5 heteroatoms. The van der Waals surface area contributed by atoms with Crippen molar-refractivity contribution in [3.05, 3.63) is 127 Å². The summed E-state index contributed by atoms with van der Waals surface area (Å²) in [6.07, 6.45) is -5.37. The minimum absolute atomic E-state index is 0.0175. The van der Waals surface area contributed by atoms with Crippen molar-refractivity contribution in [1.82, 2.24) is 0 Å². The number of fused-ring (bicyclic) bond motifs is 9. The molecule has 2 nitrogen and oxygen atoms in total. The van der Waals surface area contributed by atoms with Gasteiger partial charge in [0.2, 0.25) is 5.69 Å². The third-order valence-electron chi connectivity index (χ3n) is 9.50. The van der Waals surface area contributed by atoms with Crippen LogP contribution in [0, 0.1) is 12.3 Å². The number of pyridine rings is 1. The summed E-state index contributed by atoms with van der Waals surface area (Å²) >= 11 is 0. The fourth-order valence-electron chi connectivity index (χ4n) is 6.83. The molecule has 0 radical (unpaired) electrons. The molecular weight excluding hydrogens is 591 g/mol. The Morgan fingerprint density at radius 3 is 1.87 bits per heavy atom. The van der Waals surface area contributed by atoms with Gasteiger partial charge in [0.1, 0.15) is 18.2 Å². The average molecular weight is 627 g/mol. The summed E-state index contributed by atoms with van der Waals surface area (Å²) in [6, 6.07) is 35.9. The van der Waals surface area contributed by atoms with Crippen LogP contribution in [0.5, 0.6) is 0 Å². The van der Waals surface area contributed by atoms with Gasteiger partial charge < -0.3 is 4.42 Å². The van der Waals surface area contributed by atoms with Crippen LogP contribution in [0.1, 0.15) is 27.7 Å². The molecule has 0 atom stereocenters. The van der Waals surface area contributed by atoms with Gasteiger partial charge in [0.05, 0.1) is 11.0 Å². The number of hydrogen-bond acceptors (Lipinski definition) is 1. The van der Waals surface area contributed by atoms with Gasteiger partial charge in [-0.2, -0.15) is 13.2 Å². The van der Waals surface area contributed by atoms with E-state index in [9.17, 15) is 13.2 Å². The van der Waals surface area contributed by atoms with E-state index in [0.29, 0.717) is 0 Å². The molecule has 0 spiro atoms. The summed E-state index contributed by atoms with van der Waals surface area (Å²) in [6.45, 7) is 3.86. The van der Waals surface area contributed by atoms with Crippen LogP contribution in [0.25, 0.3) is 76.6 Å². The predicted molar refractivity (Wildman–Crippen MR) is 187 cm³/mol. The molecule has 232 valence electrons. The van der Waals surface area contributed by atoms with Gasteiger partial charge in [-0.15, -0.1) is 0 Å². The molecule has 0 saturated carbocycles. The first-order valence-electron chi connectivity index (χ1n) is 16.6. The Kier molecular flexibility index (Phi) is 5.99. The molecule has 0 N–H and O–H groups in total. The van der Waals surface area contributed by atoms with Crippen LogP contribution in [-0.2, 0) is 13.4 Å². The van der Waals surface area contributed by atoms with E-state index in [1.54, 1.807) is 12.1 Å². The summed E-state index contributed by atoms with van der Waals surface area (Å²) in [5.74, 6) is 0. The largest absolute Gasteiger partial charge is 0.455 e. The second-order valence-electron chi connectivity index (χ2n) is 13.0. The zero-order valence-electron chi connectivity index (χ0n) is 28.5. The van der Waals surface area contributed by atoms with E-state index >= 15 is 0 Å². The van der Waals surface area contributed by atoms with Crippen LogP contribution < -0.4 is 4.57 Å². The maximum absolute atomic E-state index is 13.8. The normalized spacial score (nSPS) is 13.6. The Morgan fingerprint density at radius 1 is 0.660 bits per heavy atom. The summed E-state index contributed by atoms with van der Waals surface area (Å²) in [4.78, 5) is 0. The molecule has 0 unspecified atom stereocenters. The third kappa shape index (κ3) is 4.67. The monoisotopic (exact) mass is 626 g/mol. The number of halogens is 3. The average Bonchev–Trinajstić information content (AvgIpc) is 3.45. The first-order valence-corrected chi connectivity index (χ1v) is 15.6. The predicted octanol–water partition coefficient (Wildman–Crippen LogP) is 11.6. The highest BCUT2D eigenvalue weighted by Crippen LogP contribution is 2.43. The van der Waals surface area contributed by atoms with E-state index in [1.165, 1.54) is 39.1 Å². The summed E-state index contributed by atoms with van der Waals surface area (Å²) < 4.78 is 66.8. The molecule has 0 aliphatic rings. The number of alkyl halides is 3. The van der Waals surface area contributed by atoms with Crippen molar-refractivity contribution < 1.29 is 24.9 Å². The van der Waals surface area contributed by atoms with Gasteiger partial charge in [0.15, 0.2) is 6.20 Å². The summed E-state index contributed by atoms with van der Waals surface area (Å²) in [5, 5.41) is 9.15. The van der Waals surface area contributed by atoms with Gasteiger partial charge >= 0.3 is 6.18 Å². The van der Waals surface area contributed by atoms with Crippen LogP contribution in [-0.4, -0.2) is 6.18 Å². The smallest absolute Gasteiger partial charge is 0.394 e. The highest BCUT2D eigenvalue weighted by Gasteiger charge is 2.46.